The molecule has 144 valence electrons. The molecule has 0 unspecified atom stereocenters. The van der Waals surface area contributed by atoms with Crippen LogP contribution in [0.25, 0.3) is 11.0 Å². The molecule has 28 heavy (non-hydrogen) atoms. The first-order valence-electron chi connectivity index (χ1n) is 9.59. The minimum absolute atomic E-state index is 0.00858. The van der Waals surface area contributed by atoms with Crippen molar-refractivity contribution in [2.24, 2.45) is 0 Å². The summed E-state index contributed by atoms with van der Waals surface area (Å²) >= 11 is 0. The number of fused-ring (bicyclic) bond motifs is 1. The zero-order valence-corrected chi connectivity index (χ0v) is 15.6. The first-order valence-corrected chi connectivity index (χ1v) is 9.59. The highest BCUT2D eigenvalue weighted by Crippen LogP contribution is 2.25. The Labute approximate surface area is 163 Å². The molecule has 0 saturated carbocycles. The smallest absolute Gasteiger partial charge is 0.338 e. The summed E-state index contributed by atoms with van der Waals surface area (Å²) in [7, 11) is 0. The number of para-hydroxylation sites is 1. The van der Waals surface area contributed by atoms with Crippen molar-refractivity contribution >= 4 is 33.9 Å². The van der Waals surface area contributed by atoms with Crippen LogP contribution in [0.3, 0.4) is 0 Å². The van der Waals surface area contributed by atoms with Gasteiger partial charge in [-0.15, -0.1) is 0 Å². The second-order valence-corrected chi connectivity index (χ2v) is 7.06. The summed E-state index contributed by atoms with van der Waals surface area (Å²) in [5.74, 6) is 0.00858. The Kier molecular flexibility index (Phi) is 5.39. The molecule has 6 heteroatoms. The molecule has 2 aromatic carbocycles. The van der Waals surface area contributed by atoms with E-state index in [1.54, 1.807) is 6.07 Å². The van der Waals surface area contributed by atoms with Gasteiger partial charge < -0.3 is 15.1 Å². The van der Waals surface area contributed by atoms with Crippen LogP contribution in [0.15, 0.2) is 63.8 Å². The van der Waals surface area contributed by atoms with Gasteiger partial charge in [-0.2, -0.15) is 0 Å². The Morgan fingerprint density at radius 3 is 2.46 bits per heavy atom. The quantitative estimate of drug-likeness (QED) is 0.659. The molecule has 4 rings (SSSR count). The van der Waals surface area contributed by atoms with E-state index in [4.69, 9.17) is 4.42 Å². The van der Waals surface area contributed by atoms with Crippen LogP contribution in [-0.2, 0) is 4.79 Å². The third-order valence-electron chi connectivity index (χ3n) is 4.91. The number of carbonyl (C=O) groups excluding carboxylic acids is 1. The van der Waals surface area contributed by atoms with Crippen molar-refractivity contribution in [1.29, 1.82) is 0 Å². The maximum Gasteiger partial charge on any atom is 0.338 e. The number of hydrogen-bond acceptors (Lipinski definition) is 5. The van der Waals surface area contributed by atoms with E-state index in [1.807, 2.05) is 42.5 Å². The first-order chi connectivity index (χ1) is 13.7. The van der Waals surface area contributed by atoms with Crippen LogP contribution < -0.4 is 16.3 Å². The largest absolute Gasteiger partial charge is 0.423 e. The fourth-order valence-corrected chi connectivity index (χ4v) is 3.53. The van der Waals surface area contributed by atoms with Gasteiger partial charge in [0.2, 0.25) is 5.91 Å². The SMILES string of the molecule is O=C(CN1CCCCC1)Nc1ccc(Nc2cc(=O)oc3ccccc23)cc1. The Bertz CT molecular complexity index is 1020. The monoisotopic (exact) mass is 377 g/mol. The van der Waals surface area contributed by atoms with Gasteiger partial charge in [-0.3, -0.25) is 9.69 Å². The average molecular weight is 377 g/mol. The molecule has 1 saturated heterocycles. The molecule has 1 amide bonds. The number of hydrogen-bond donors (Lipinski definition) is 2. The van der Waals surface area contributed by atoms with E-state index >= 15 is 0 Å². The number of piperidine rings is 1. The lowest BCUT2D eigenvalue weighted by molar-refractivity contribution is -0.117. The number of anilines is 3. The van der Waals surface area contributed by atoms with Crippen LogP contribution in [0.2, 0.25) is 0 Å². The fourth-order valence-electron chi connectivity index (χ4n) is 3.53. The lowest BCUT2D eigenvalue weighted by Gasteiger charge is -2.25. The van der Waals surface area contributed by atoms with E-state index in [-0.39, 0.29) is 5.91 Å². The summed E-state index contributed by atoms with van der Waals surface area (Å²) in [6.45, 7) is 2.43. The van der Waals surface area contributed by atoms with Gasteiger partial charge in [0.15, 0.2) is 0 Å². The highest BCUT2D eigenvalue weighted by molar-refractivity contribution is 5.93. The molecule has 1 aromatic heterocycles. The molecule has 0 radical (unpaired) electrons. The zero-order valence-electron chi connectivity index (χ0n) is 15.6. The van der Waals surface area contributed by atoms with E-state index in [0.29, 0.717) is 17.8 Å². The van der Waals surface area contributed by atoms with Crippen molar-refractivity contribution in [3.8, 4) is 0 Å². The molecule has 0 atom stereocenters. The molecular formula is C22H23N3O3. The standard InChI is InChI=1S/C22H23N3O3/c26-21(15-25-12-4-1-5-13-25)24-17-10-8-16(9-11-17)23-19-14-22(27)28-20-7-3-2-6-18(19)20/h2-3,6-11,14,23H,1,4-5,12-13,15H2,(H,24,26). The Balaban J connectivity index is 1.42. The van der Waals surface area contributed by atoms with Gasteiger partial charge in [0.25, 0.3) is 0 Å². The van der Waals surface area contributed by atoms with Gasteiger partial charge in [-0.1, -0.05) is 18.6 Å². The molecule has 2 heterocycles. The molecule has 2 N–H and O–H groups in total. The molecule has 0 aliphatic carbocycles. The zero-order chi connectivity index (χ0) is 19.3. The number of nitrogens with zero attached hydrogens (tertiary/aromatic N) is 1. The summed E-state index contributed by atoms with van der Waals surface area (Å²) in [5, 5.41) is 7.03. The number of amides is 1. The van der Waals surface area contributed by atoms with Crippen molar-refractivity contribution < 1.29 is 9.21 Å². The fraction of sp³-hybridized carbons (Fsp3) is 0.273. The van der Waals surface area contributed by atoms with Crippen LogP contribution in [-0.4, -0.2) is 30.4 Å². The summed E-state index contributed by atoms with van der Waals surface area (Å²) in [5.41, 5.74) is 2.41. The maximum absolute atomic E-state index is 12.2. The molecule has 6 nitrogen and oxygen atoms in total. The number of benzene rings is 2. The Hall–Kier alpha value is -3.12. The minimum atomic E-state index is -0.400. The number of carbonyl (C=O) groups is 1. The molecule has 0 bridgehead atoms. The van der Waals surface area contributed by atoms with Crippen LogP contribution in [0.1, 0.15) is 19.3 Å². The topological polar surface area (TPSA) is 74.6 Å². The van der Waals surface area contributed by atoms with Crippen molar-refractivity contribution in [3.63, 3.8) is 0 Å². The molecule has 0 spiro atoms. The van der Waals surface area contributed by atoms with Crippen molar-refractivity contribution in [2.45, 2.75) is 19.3 Å². The van der Waals surface area contributed by atoms with E-state index in [1.165, 1.54) is 25.3 Å². The highest BCUT2D eigenvalue weighted by Gasteiger charge is 2.14. The summed E-state index contributed by atoms with van der Waals surface area (Å²) in [4.78, 5) is 26.2. The van der Waals surface area contributed by atoms with Gasteiger partial charge in [0, 0.05) is 22.8 Å². The van der Waals surface area contributed by atoms with Gasteiger partial charge >= 0.3 is 5.63 Å². The number of likely N-dealkylation sites (tertiary alicyclic amines) is 1. The summed E-state index contributed by atoms with van der Waals surface area (Å²) in [6.07, 6.45) is 3.59. The lowest BCUT2D eigenvalue weighted by atomic mass is 10.1. The van der Waals surface area contributed by atoms with Crippen LogP contribution >= 0.6 is 0 Å². The maximum atomic E-state index is 12.2. The van der Waals surface area contributed by atoms with E-state index < -0.39 is 5.63 Å². The molecule has 1 fully saturated rings. The van der Waals surface area contributed by atoms with Gasteiger partial charge in [-0.05, 0) is 62.3 Å². The van der Waals surface area contributed by atoms with Crippen LogP contribution in [0.5, 0.6) is 0 Å². The molecular weight excluding hydrogens is 354 g/mol. The Morgan fingerprint density at radius 2 is 1.68 bits per heavy atom. The third-order valence-corrected chi connectivity index (χ3v) is 4.91. The molecule has 1 aliphatic heterocycles. The van der Waals surface area contributed by atoms with E-state index in [0.717, 1.165) is 29.9 Å². The van der Waals surface area contributed by atoms with Gasteiger partial charge in [0.05, 0.1) is 12.2 Å². The van der Waals surface area contributed by atoms with Crippen LogP contribution in [0.4, 0.5) is 17.1 Å². The Morgan fingerprint density at radius 1 is 0.964 bits per heavy atom. The van der Waals surface area contributed by atoms with Crippen LogP contribution in [0, 0.1) is 0 Å². The van der Waals surface area contributed by atoms with Gasteiger partial charge in [0.1, 0.15) is 5.58 Å². The first kappa shape index (κ1) is 18.3. The molecule has 1 aliphatic rings. The highest BCUT2D eigenvalue weighted by atomic mass is 16.4. The second-order valence-electron chi connectivity index (χ2n) is 7.06. The minimum Gasteiger partial charge on any atom is -0.423 e. The van der Waals surface area contributed by atoms with E-state index in [2.05, 4.69) is 15.5 Å². The predicted molar refractivity (Wildman–Crippen MR) is 111 cm³/mol. The lowest BCUT2D eigenvalue weighted by Crippen LogP contribution is -2.36. The van der Waals surface area contributed by atoms with Crippen molar-refractivity contribution in [1.82, 2.24) is 4.90 Å². The summed E-state index contributed by atoms with van der Waals surface area (Å²) < 4.78 is 5.22. The second kappa shape index (κ2) is 8.27. The van der Waals surface area contributed by atoms with Crippen molar-refractivity contribution in [2.75, 3.05) is 30.3 Å². The van der Waals surface area contributed by atoms with E-state index in [9.17, 15) is 9.59 Å². The third kappa shape index (κ3) is 4.40. The summed E-state index contributed by atoms with van der Waals surface area (Å²) in [6, 6.07) is 16.3. The number of rotatable bonds is 5. The normalized spacial score (nSPS) is 14.7. The molecule has 3 aromatic rings. The predicted octanol–water partition coefficient (Wildman–Crippen LogP) is 3.96. The average Bonchev–Trinajstić information content (AvgIpc) is 2.70. The number of nitrogens with one attached hydrogen (secondary N) is 2. The van der Waals surface area contributed by atoms with Crippen molar-refractivity contribution in [3.05, 3.63) is 65.0 Å². The van der Waals surface area contributed by atoms with Gasteiger partial charge in [-0.25, -0.2) is 4.79 Å².